The maximum absolute atomic E-state index is 12.6. The SMILES string of the molecule is C/C(=N\OC(=O)N(C)CC1NCCC1C)[C@H]1CC[C@H]2[C@@H]3CCC4=CC(=O)CC[C@]4(C)[C@H]3CC[C@]12C. The van der Waals surface area contributed by atoms with Crippen LogP contribution in [-0.4, -0.2) is 48.7 Å². The molecule has 2 unspecified atom stereocenters. The predicted molar refractivity (Wildman–Crippen MR) is 138 cm³/mol. The molecular weight excluding hydrogens is 438 g/mol. The summed E-state index contributed by atoms with van der Waals surface area (Å²) in [6.07, 6.45) is 11.7. The van der Waals surface area contributed by atoms with Gasteiger partial charge in [-0.25, -0.2) is 4.79 Å². The number of carbonyl (C=O) groups excluding carboxylic acids is 2. The van der Waals surface area contributed by atoms with E-state index in [4.69, 9.17) is 4.84 Å². The molecule has 6 nitrogen and oxygen atoms in total. The van der Waals surface area contributed by atoms with E-state index in [0.717, 1.165) is 50.3 Å². The van der Waals surface area contributed by atoms with E-state index in [1.807, 2.05) is 6.08 Å². The Morgan fingerprint density at radius 3 is 2.69 bits per heavy atom. The van der Waals surface area contributed by atoms with Gasteiger partial charge in [-0.3, -0.25) is 9.63 Å². The lowest BCUT2D eigenvalue weighted by Gasteiger charge is -2.58. The molecule has 8 atom stereocenters. The minimum Gasteiger partial charge on any atom is -0.312 e. The molecule has 3 saturated carbocycles. The molecule has 5 aliphatic rings. The van der Waals surface area contributed by atoms with Gasteiger partial charge in [-0.1, -0.05) is 31.5 Å². The topological polar surface area (TPSA) is 71.0 Å². The summed E-state index contributed by atoms with van der Waals surface area (Å²) in [5.41, 5.74) is 2.85. The summed E-state index contributed by atoms with van der Waals surface area (Å²) in [6, 6.07) is 0.331. The van der Waals surface area contributed by atoms with Crippen LogP contribution in [0.25, 0.3) is 0 Å². The third-order valence-corrected chi connectivity index (χ3v) is 11.2. The molecule has 1 saturated heterocycles. The van der Waals surface area contributed by atoms with E-state index in [9.17, 15) is 9.59 Å². The molecule has 0 aromatic carbocycles. The number of amides is 1. The largest absolute Gasteiger partial charge is 0.435 e. The van der Waals surface area contributed by atoms with Gasteiger partial charge in [0, 0.05) is 32.0 Å². The zero-order chi connectivity index (χ0) is 25.0. The summed E-state index contributed by atoms with van der Waals surface area (Å²) in [6.45, 7) is 10.9. The van der Waals surface area contributed by atoms with Crippen molar-refractivity contribution in [2.45, 2.75) is 91.5 Å². The third kappa shape index (κ3) is 4.28. The number of nitrogens with one attached hydrogen (secondary N) is 1. The molecule has 0 radical (unpaired) electrons. The Morgan fingerprint density at radius 2 is 1.94 bits per heavy atom. The molecule has 35 heavy (non-hydrogen) atoms. The van der Waals surface area contributed by atoms with Crippen molar-refractivity contribution in [1.82, 2.24) is 10.2 Å². The summed E-state index contributed by atoms with van der Waals surface area (Å²) in [5, 5.41) is 7.88. The normalized spacial score (nSPS) is 43.2. The molecule has 194 valence electrons. The van der Waals surface area contributed by atoms with Crippen LogP contribution in [0.3, 0.4) is 0 Å². The highest BCUT2D eigenvalue weighted by Gasteiger charge is 2.59. The molecule has 1 N–H and O–H groups in total. The molecule has 0 aromatic heterocycles. The minimum absolute atomic E-state index is 0.213. The van der Waals surface area contributed by atoms with Crippen molar-refractivity contribution in [1.29, 1.82) is 0 Å². The van der Waals surface area contributed by atoms with E-state index in [1.54, 1.807) is 11.9 Å². The molecule has 4 aliphatic carbocycles. The number of oxime groups is 1. The Balaban J connectivity index is 1.24. The van der Waals surface area contributed by atoms with E-state index >= 15 is 0 Å². The molecule has 4 fully saturated rings. The first-order valence-electron chi connectivity index (χ1n) is 14.1. The fraction of sp³-hybridized carbons (Fsp3) is 0.828. The van der Waals surface area contributed by atoms with Gasteiger partial charge < -0.3 is 10.2 Å². The Labute approximate surface area is 211 Å². The Kier molecular flexibility index (Phi) is 6.65. The number of carbonyl (C=O) groups is 2. The maximum atomic E-state index is 12.6. The van der Waals surface area contributed by atoms with Gasteiger partial charge in [0.2, 0.25) is 0 Å². The molecule has 5 rings (SSSR count). The van der Waals surface area contributed by atoms with Crippen molar-refractivity contribution >= 4 is 17.6 Å². The fourth-order valence-corrected chi connectivity index (χ4v) is 9.00. The summed E-state index contributed by atoms with van der Waals surface area (Å²) in [5.74, 6) is 3.41. The highest BCUT2D eigenvalue weighted by atomic mass is 16.7. The predicted octanol–water partition coefficient (Wildman–Crippen LogP) is 5.58. The quantitative estimate of drug-likeness (QED) is 0.322. The number of rotatable bonds is 4. The number of hydrogen-bond acceptors (Lipinski definition) is 5. The van der Waals surface area contributed by atoms with E-state index in [2.05, 4.69) is 38.2 Å². The van der Waals surface area contributed by atoms with Gasteiger partial charge in [-0.05, 0) is 105 Å². The zero-order valence-electron chi connectivity index (χ0n) is 22.4. The summed E-state index contributed by atoms with van der Waals surface area (Å²) in [7, 11) is 1.80. The van der Waals surface area contributed by atoms with Crippen LogP contribution in [0, 0.1) is 40.4 Å². The van der Waals surface area contributed by atoms with E-state index in [1.165, 1.54) is 31.3 Å². The standard InChI is InChI=1S/C29H45N3O3/c1-18-12-15-30-26(18)17-32(5)27(34)35-31-19(2)23-8-9-24-22-7-6-20-16-21(33)10-13-28(20,3)25(22)11-14-29(23,24)4/h16,18,22-26,30H,6-15,17H2,1-5H3/b31-19+/t18?,22-,23+,24-,25-,26?,28-,29+/m0/s1. The number of nitrogens with zero attached hydrogens (tertiary/aromatic N) is 2. The number of allylic oxidation sites excluding steroid dienone is 1. The first kappa shape index (κ1) is 25.0. The van der Waals surface area contributed by atoms with Crippen molar-refractivity contribution in [3.63, 3.8) is 0 Å². The first-order valence-corrected chi connectivity index (χ1v) is 14.1. The molecular formula is C29H45N3O3. The molecule has 1 amide bonds. The van der Waals surface area contributed by atoms with Gasteiger partial charge in [0.1, 0.15) is 0 Å². The smallest absolute Gasteiger partial charge is 0.312 e. The lowest BCUT2D eigenvalue weighted by Crippen LogP contribution is -2.51. The molecule has 0 spiro atoms. The highest BCUT2D eigenvalue weighted by Crippen LogP contribution is 2.66. The summed E-state index contributed by atoms with van der Waals surface area (Å²) >= 11 is 0. The van der Waals surface area contributed by atoms with Crippen LogP contribution in [0.4, 0.5) is 4.79 Å². The van der Waals surface area contributed by atoms with Crippen molar-refractivity contribution in [3.8, 4) is 0 Å². The number of likely N-dealkylation sites (N-methyl/N-ethyl adjacent to an activating group) is 1. The van der Waals surface area contributed by atoms with Gasteiger partial charge in [0.15, 0.2) is 5.78 Å². The zero-order valence-corrected chi connectivity index (χ0v) is 22.4. The van der Waals surface area contributed by atoms with Gasteiger partial charge in [0.25, 0.3) is 0 Å². The average Bonchev–Trinajstić information content (AvgIpc) is 3.39. The van der Waals surface area contributed by atoms with Crippen molar-refractivity contribution in [3.05, 3.63) is 11.6 Å². The van der Waals surface area contributed by atoms with Crippen LogP contribution in [0.15, 0.2) is 16.8 Å². The Hall–Kier alpha value is -1.69. The summed E-state index contributed by atoms with van der Waals surface area (Å²) < 4.78 is 0. The van der Waals surface area contributed by atoms with Crippen LogP contribution in [-0.2, 0) is 9.63 Å². The molecule has 6 heteroatoms. The lowest BCUT2D eigenvalue weighted by atomic mass is 9.46. The first-order chi connectivity index (χ1) is 16.6. The van der Waals surface area contributed by atoms with Crippen molar-refractivity contribution in [2.75, 3.05) is 20.1 Å². The molecule has 1 aliphatic heterocycles. The van der Waals surface area contributed by atoms with E-state index < -0.39 is 0 Å². The molecule has 1 heterocycles. The van der Waals surface area contributed by atoms with Crippen LogP contribution < -0.4 is 5.32 Å². The number of fused-ring (bicyclic) bond motifs is 5. The molecule has 0 bridgehead atoms. The minimum atomic E-state index is -0.361. The van der Waals surface area contributed by atoms with Crippen LogP contribution in [0.5, 0.6) is 0 Å². The van der Waals surface area contributed by atoms with Crippen LogP contribution in [0.1, 0.15) is 85.5 Å². The van der Waals surface area contributed by atoms with Gasteiger partial charge in [-0.15, -0.1) is 0 Å². The average molecular weight is 484 g/mol. The van der Waals surface area contributed by atoms with Crippen molar-refractivity contribution < 1.29 is 14.4 Å². The van der Waals surface area contributed by atoms with E-state index in [0.29, 0.717) is 42.0 Å². The van der Waals surface area contributed by atoms with Crippen LogP contribution >= 0.6 is 0 Å². The van der Waals surface area contributed by atoms with Crippen molar-refractivity contribution in [2.24, 2.45) is 45.6 Å². The Bertz CT molecular complexity index is 928. The second kappa shape index (κ2) is 9.32. The fourth-order valence-electron chi connectivity index (χ4n) is 9.00. The lowest BCUT2D eigenvalue weighted by molar-refractivity contribution is -0.117. The monoisotopic (exact) mass is 483 g/mol. The van der Waals surface area contributed by atoms with Crippen LogP contribution in [0.2, 0.25) is 0 Å². The van der Waals surface area contributed by atoms with Gasteiger partial charge >= 0.3 is 6.09 Å². The van der Waals surface area contributed by atoms with Gasteiger partial charge in [0.05, 0.1) is 5.71 Å². The number of ketones is 1. The van der Waals surface area contributed by atoms with E-state index in [-0.39, 0.29) is 16.9 Å². The van der Waals surface area contributed by atoms with Gasteiger partial charge in [-0.2, -0.15) is 0 Å². The Morgan fingerprint density at radius 1 is 1.14 bits per heavy atom. The summed E-state index contributed by atoms with van der Waals surface area (Å²) in [4.78, 5) is 31.8. The second-order valence-corrected chi connectivity index (χ2v) is 12.9. The highest BCUT2D eigenvalue weighted by molar-refractivity contribution is 5.91. The maximum Gasteiger partial charge on any atom is 0.435 e. The second-order valence-electron chi connectivity index (χ2n) is 12.9. The third-order valence-electron chi connectivity index (χ3n) is 11.2. The molecule has 0 aromatic rings. The number of hydrogen-bond donors (Lipinski definition) is 1.